The third kappa shape index (κ3) is 1.40. The maximum absolute atomic E-state index is 11.3. The maximum atomic E-state index is 11.3. The molecule has 0 saturated carbocycles. The molecule has 0 atom stereocenters. The Labute approximate surface area is 89.2 Å². The Bertz CT molecular complexity index is 645. The van der Waals surface area contributed by atoms with E-state index in [0.717, 1.165) is 4.58 Å². The molecule has 0 bridgehead atoms. The van der Waals surface area contributed by atoms with Crippen molar-refractivity contribution < 1.29 is 19.5 Å². The second kappa shape index (κ2) is 3.34. The van der Waals surface area contributed by atoms with Crippen LogP contribution in [0, 0.1) is 0 Å². The van der Waals surface area contributed by atoms with Crippen molar-refractivity contribution in [3.63, 3.8) is 0 Å². The number of fused-ring (bicyclic) bond motifs is 1. The van der Waals surface area contributed by atoms with Crippen molar-refractivity contribution in [1.82, 2.24) is 4.58 Å². The van der Waals surface area contributed by atoms with Gasteiger partial charge >= 0.3 is 17.8 Å². The number of amides is 2. The third-order valence-electron chi connectivity index (χ3n) is 2.29. The predicted molar refractivity (Wildman–Crippen MR) is 51.4 cm³/mol. The highest BCUT2D eigenvalue weighted by Crippen LogP contribution is 1.92. The average molecular weight is 219 g/mol. The van der Waals surface area contributed by atoms with Gasteiger partial charge < -0.3 is 5.11 Å². The molecule has 1 aliphatic heterocycles. The first-order valence-corrected chi connectivity index (χ1v) is 4.42. The quantitative estimate of drug-likeness (QED) is 0.445. The molecule has 80 valence electrons. The number of carbonyl (C=O) groups excluding carboxylic acids is 2. The van der Waals surface area contributed by atoms with Gasteiger partial charge in [-0.05, 0) is 12.1 Å². The molecule has 1 aromatic carbocycles. The molecule has 0 fully saturated rings. The van der Waals surface area contributed by atoms with Crippen LogP contribution < -0.4 is 15.3 Å². The molecule has 0 aromatic heterocycles. The fraction of sp³-hybridized carbons (Fsp3) is 0.100. The molecule has 2 amide bonds. The van der Waals surface area contributed by atoms with Gasteiger partial charge in [0.2, 0.25) is 5.36 Å². The van der Waals surface area contributed by atoms with Crippen molar-refractivity contribution in [2.45, 2.75) is 0 Å². The lowest BCUT2D eigenvalue weighted by Crippen LogP contribution is -2.48. The van der Waals surface area contributed by atoms with E-state index in [4.69, 9.17) is 5.11 Å². The fourth-order valence-corrected chi connectivity index (χ4v) is 1.44. The number of hydrogen-bond donors (Lipinski definition) is 1. The normalized spacial score (nSPS) is 14.4. The number of nitrogens with zero attached hydrogens (tertiary/aromatic N) is 2. The molecule has 0 spiro atoms. The second-order valence-electron chi connectivity index (χ2n) is 3.29. The summed E-state index contributed by atoms with van der Waals surface area (Å²) in [5, 5.41) is 9.39. The molecule has 6 nitrogen and oxygen atoms in total. The van der Waals surface area contributed by atoms with Crippen molar-refractivity contribution in [3.8, 4) is 0 Å². The highest BCUT2D eigenvalue weighted by atomic mass is 16.4. The fourth-order valence-electron chi connectivity index (χ4n) is 1.44. The number of rotatable bonds is 1. The van der Waals surface area contributed by atoms with Gasteiger partial charge in [0.15, 0.2) is 0 Å². The smallest absolute Gasteiger partial charge is 0.478 e. The summed E-state index contributed by atoms with van der Waals surface area (Å²) in [6.07, 6.45) is 0. The predicted octanol–water partition coefficient (Wildman–Crippen LogP) is -1.81. The van der Waals surface area contributed by atoms with Crippen LogP contribution in [0.3, 0.4) is 0 Å². The van der Waals surface area contributed by atoms with E-state index in [-0.39, 0.29) is 10.9 Å². The van der Waals surface area contributed by atoms with Gasteiger partial charge in [-0.15, -0.1) is 0 Å². The maximum Gasteiger partial charge on any atom is 0.479 e. The average Bonchev–Trinajstić information content (AvgIpc) is 2.25. The number of carbonyl (C=O) groups is 3. The topological polar surface area (TPSA) is 86.8 Å². The van der Waals surface area contributed by atoms with Crippen LogP contribution in [0.4, 0.5) is 0 Å². The minimum atomic E-state index is -1.11. The second-order valence-corrected chi connectivity index (χ2v) is 3.29. The first-order valence-electron chi connectivity index (χ1n) is 4.42. The van der Waals surface area contributed by atoms with Gasteiger partial charge in [0.25, 0.3) is 0 Å². The van der Waals surface area contributed by atoms with Crippen molar-refractivity contribution >= 4 is 17.8 Å². The Hall–Kier alpha value is -2.37. The number of likely N-dealkylation sites (N-methyl/N-ethyl adjacent to an activating group) is 1. The monoisotopic (exact) mass is 219 g/mol. The van der Waals surface area contributed by atoms with Crippen LogP contribution in [-0.4, -0.2) is 29.9 Å². The summed E-state index contributed by atoms with van der Waals surface area (Å²) in [6, 6.07) is 4.07. The van der Waals surface area contributed by atoms with Gasteiger partial charge in [0.05, 0.1) is 5.56 Å². The van der Waals surface area contributed by atoms with Crippen LogP contribution in [0.15, 0.2) is 23.2 Å². The SMILES string of the molecule is C[N+]1=c2ccc(C(=O)O)cc2=NC(=O)C1=O. The zero-order valence-electron chi connectivity index (χ0n) is 8.30. The summed E-state index contributed by atoms with van der Waals surface area (Å²) < 4.78 is 1.15. The van der Waals surface area contributed by atoms with Gasteiger partial charge in [-0.2, -0.15) is 9.57 Å². The van der Waals surface area contributed by atoms with Crippen LogP contribution in [0.2, 0.25) is 0 Å². The highest BCUT2D eigenvalue weighted by Gasteiger charge is 2.28. The lowest BCUT2D eigenvalue weighted by Gasteiger charge is -1.98. The molecule has 1 N–H and O–H groups in total. The van der Waals surface area contributed by atoms with E-state index in [1.54, 1.807) is 0 Å². The van der Waals surface area contributed by atoms with E-state index in [1.807, 2.05) is 0 Å². The number of benzene rings is 1. The van der Waals surface area contributed by atoms with Crippen LogP contribution in [0.1, 0.15) is 10.4 Å². The van der Waals surface area contributed by atoms with Gasteiger partial charge in [0, 0.05) is 6.07 Å². The Balaban J connectivity index is 2.84. The molecule has 0 saturated heterocycles. The number of aromatic carboxylic acids is 1. The Morgan fingerprint density at radius 3 is 2.69 bits per heavy atom. The molecule has 6 heteroatoms. The third-order valence-corrected chi connectivity index (χ3v) is 2.29. The highest BCUT2D eigenvalue weighted by molar-refractivity contribution is 6.36. The molecule has 1 heterocycles. The lowest BCUT2D eigenvalue weighted by molar-refractivity contribution is -0.138. The standard InChI is InChI=1S/C10H6N2O4/c1-12-7-3-2-5(10(15)16)4-6(7)11-8(13)9(12)14/h2-4H,1H3/p+1. The van der Waals surface area contributed by atoms with Crippen LogP contribution in [-0.2, 0) is 9.59 Å². The molecule has 1 aliphatic rings. The van der Waals surface area contributed by atoms with E-state index < -0.39 is 17.8 Å². The van der Waals surface area contributed by atoms with E-state index in [1.165, 1.54) is 25.2 Å². The Kier molecular flexibility index (Phi) is 2.12. The summed E-state index contributed by atoms with van der Waals surface area (Å²) in [7, 11) is 1.44. The Morgan fingerprint density at radius 1 is 1.38 bits per heavy atom. The largest absolute Gasteiger partial charge is 0.479 e. The van der Waals surface area contributed by atoms with Crippen molar-refractivity contribution in [1.29, 1.82) is 0 Å². The first kappa shape index (κ1) is 10.2. The Morgan fingerprint density at radius 2 is 2.06 bits per heavy atom. The molecular formula is C10H7N2O4+. The van der Waals surface area contributed by atoms with Gasteiger partial charge in [-0.3, -0.25) is 4.79 Å². The summed E-state index contributed by atoms with van der Waals surface area (Å²) >= 11 is 0. The van der Waals surface area contributed by atoms with Crippen LogP contribution in [0.25, 0.3) is 0 Å². The van der Waals surface area contributed by atoms with Crippen LogP contribution >= 0.6 is 0 Å². The number of carboxylic acid groups (broad SMARTS) is 1. The minimum absolute atomic E-state index is 0.0260. The van der Waals surface area contributed by atoms with E-state index in [0.29, 0.717) is 5.36 Å². The number of carboxylic acids is 1. The van der Waals surface area contributed by atoms with Gasteiger partial charge in [-0.1, -0.05) is 0 Å². The zero-order valence-corrected chi connectivity index (χ0v) is 8.30. The van der Waals surface area contributed by atoms with Crippen molar-refractivity contribution in [3.05, 3.63) is 34.5 Å². The molecule has 0 aliphatic carbocycles. The summed E-state index contributed by atoms with van der Waals surface area (Å²) in [5.74, 6) is -2.72. The van der Waals surface area contributed by atoms with Gasteiger partial charge in [-0.25, -0.2) is 9.59 Å². The van der Waals surface area contributed by atoms with E-state index >= 15 is 0 Å². The zero-order chi connectivity index (χ0) is 11.9. The summed E-state index contributed by atoms with van der Waals surface area (Å²) in [6.45, 7) is 0. The first-order chi connectivity index (χ1) is 7.50. The number of hydrogen-bond acceptors (Lipinski definition) is 3. The van der Waals surface area contributed by atoms with Crippen molar-refractivity contribution in [2.24, 2.45) is 4.99 Å². The van der Waals surface area contributed by atoms with Crippen LogP contribution in [0.5, 0.6) is 0 Å². The molecule has 0 unspecified atom stereocenters. The molecular weight excluding hydrogens is 212 g/mol. The summed E-state index contributed by atoms with van der Waals surface area (Å²) in [4.78, 5) is 36.6. The van der Waals surface area contributed by atoms with E-state index in [2.05, 4.69) is 4.99 Å². The van der Waals surface area contributed by atoms with E-state index in [9.17, 15) is 14.4 Å². The molecule has 16 heavy (non-hydrogen) atoms. The minimum Gasteiger partial charge on any atom is -0.478 e. The van der Waals surface area contributed by atoms with Crippen molar-refractivity contribution in [2.75, 3.05) is 7.05 Å². The molecule has 1 aromatic rings. The van der Waals surface area contributed by atoms with Gasteiger partial charge in [0.1, 0.15) is 12.4 Å². The lowest BCUT2D eigenvalue weighted by atomic mass is 10.2. The molecule has 2 rings (SSSR count). The summed E-state index contributed by atoms with van der Waals surface area (Å²) in [5.41, 5.74) is 0.0260. The molecule has 0 radical (unpaired) electrons.